The summed E-state index contributed by atoms with van der Waals surface area (Å²) in [7, 11) is 0. The summed E-state index contributed by atoms with van der Waals surface area (Å²) in [5.74, 6) is 1.88. The highest BCUT2D eigenvalue weighted by Crippen LogP contribution is 2.30. The van der Waals surface area contributed by atoms with Crippen LogP contribution in [0.4, 0.5) is 10.1 Å². The van der Waals surface area contributed by atoms with Crippen molar-refractivity contribution >= 4 is 5.69 Å². The molecule has 0 spiro atoms. The number of nitrogens with zero attached hydrogens (tertiary/aromatic N) is 1. The van der Waals surface area contributed by atoms with Crippen LogP contribution in [0, 0.1) is 25.6 Å². The standard InChI is InChI=1S/C31H39FN2O/c1-22(14-17-35-31-24(3)18-23(2)19-30(31)33)21-34-15-12-28(13-16-34)27-8-4-25(5-9-27)20-26-6-10-29(32)11-7-26/h4-11,18-19,22,28H,12-17,20-21,33H2,1-3H3/t22-/m1/s1. The number of piperidine rings is 1. The van der Waals surface area contributed by atoms with E-state index in [-0.39, 0.29) is 5.82 Å². The topological polar surface area (TPSA) is 38.5 Å². The number of ether oxygens (including phenoxy) is 1. The van der Waals surface area contributed by atoms with Gasteiger partial charge < -0.3 is 15.4 Å². The summed E-state index contributed by atoms with van der Waals surface area (Å²) in [5.41, 5.74) is 13.0. The van der Waals surface area contributed by atoms with Gasteiger partial charge in [0.1, 0.15) is 11.6 Å². The molecule has 4 rings (SSSR count). The molecule has 0 aromatic heterocycles. The van der Waals surface area contributed by atoms with E-state index in [2.05, 4.69) is 56.0 Å². The molecule has 2 N–H and O–H groups in total. The van der Waals surface area contributed by atoms with E-state index in [1.54, 1.807) is 0 Å². The van der Waals surface area contributed by atoms with E-state index in [0.29, 0.717) is 18.4 Å². The van der Waals surface area contributed by atoms with Crippen molar-refractivity contribution in [2.45, 2.75) is 52.4 Å². The molecule has 0 saturated carbocycles. The van der Waals surface area contributed by atoms with Gasteiger partial charge in [-0.3, -0.25) is 0 Å². The third-order valence-corrected chi connectivity index (χ3v) is 7.23. The summed E-state index contributed by atoms with van der Waals surface area (Å²) in [6, 6.07) is 19.9. The second-order valence-corrected chi connectivity index (χ2v) is 10.4. The molecule has 3 aromatic carbocycles. The van der Waals surface area contributed by atoms with Gasteiger partial charge in [-0.15, -0.1) is 0 Å². The third kappa shape index (κ3) is 7.08. The third-order valence-electron chi connectivity index (χ3n) is 7.23. The molecule has 1 aliphatic heterocycles. The van der Waals surface area contributed by atoms with Crippen LogP contribution in [0.15, 0.2) is 60.7 Å². The first-order valence-electron chi connectivity index (χ1n) is 12.9. The molecule has 4 heteroatoms. The van der Waals surface area contributed by atoms with Gasteiger partial charge in [-0.2, -0.15) is 0 Å². The molecule has 3 nitrogen and oxygen atoms in total. The monoisotopic (exact) mass is 474 g/mol. The molecule has 0 aliphatic carbocycles. The van der Waals surface area contributed by atoms with Gasteiger partial charge in [0.05, 0.1) is 12.3 Å². The van der Waals surface area contributed by atoms with Crippen molar-refractivity contribution in [1.82, 2.24) is 4.90 Å². The number of likely N-dealkylation sites (tertiary alicyclic amines) is 1. The predicted octanol–water partition coefficient (Wildman–Crippen LogP) is 6.90. The average Bonchev–Trinajstić information content (AvgIpc) is 2.83. The lowest BCUT2D eigenvalue weighted by molar-refractivity contribution is 0.173. The SMILES string of the molecule is Cc1cc(C)c(OCC[C@@H](C)CN2CCC(c3ccc(Cc4ccc(F)cc4)cc3)CC2)c(N)c1. The predicted molar refractivity (Wildman–Crippen MR) is 144 cm³/mol. The Kier molecular flexibility index (Phi) is 8.46. The van der Waals surface area contributed by atoms with E-state index in [9.17, 15) is 4.39 Å². The first kappa shape index (κ1) is 25.2. The van der Waals surface area contributed by atoms with Crippen molar-refractivity contribution in [2.24, 2.45) is 5.92 Å². The zero-order valence-electron chi connectivity index (χ0n) is 21.4. The van der Waals surface area contributed by atoms with Crippen LogP contribution in [0.5, 0.6) is 5.75 Å². The van der Waals surface area contributed by atoms with Crippen LogP contribution in [-0.4, -0.2) is 31.1 Å². The Labute approximate surface area is 210 Å². The molecule has 3 aromatic rings. The second kappa shape index (κ2) is 11.7. The van der Waals surface area contributed by atoms with E-state index in [1.165, 1.54) is 41.7 Å². The summed E-state index contributed by atoms with van der Waals surface area (Å²) in [6.07, 6.45) is 4.29. The molecule has 1 aliphatic rings. The van der Waals surface area contributed by atoms with Crippen molar-refractivity contribution < 1.29 is 9.13 Å². The van der Waals surface area contributed by atoms with Gasteiger partial charge in [-0.1, -0.05) is 49.4 Å². The van der Waals surface area contributed by atoms with Crippen LogP contribution >= 0.6 is 0 Å². The fourth-order valence-corrected chi connectivity index (χ4v) is 5.27. The van der Waals surface area contributed by atoms with Gasteiger partial charge in [0.2, 0.25) is 0 Å². The number of hydrogen-bond acceptors (Lipinski definition) is 3. The fraction of sp³-hybridized carbons (Fsp3) is 0.419. The highest BCUT2D eigenvalue weighted by atomic mass is 19.1. The highest BCUT2D eigenvalue weighted by Gasteiger charge is 2.22. The maximum absolute atomic E-state index is 13.1. The molecule has 0 bridgehead atoms. The molecule has 35 heavy (non-hydrogen) atoms. The molecule has 0 unspecified atom stereocenters. The number of anilines is 1. The Bertz CT molecular complexity index is 1060. The Hall–Kier alpha value is -2.85. The molecule has 1 fully saturated rings. The summed E-state index contributed by atoms with van der Waals surface area (Å²) in [5, 5.41) is 0. The van der Waals surface area contributed by atoms with E-state index in [0.717, 1.165) is 55.0 Å². The van der Waals surface area contributed by atoms with Crippen molar-refractivity contribution in [3.63, 3.8) is 0 Å². The van der Waals surface area contributed by atoms with Gasteiger partial charge in [-0.05, 0) is 110 Å². The van der Waals surface area contributed by atoms with Crippen LogP contribution in [0.25, 0.3) is 0 Å². The van der Waals surface area contributed by atoms with Crippen LogP contribution in [-0.2, 0) is 6.42 Å². The number of aryl methyl sites for hydroxylation is 2. The first-order chi connectivity index (χ1) is 16.9. The van der Waals surface area contributed by atoms with E-state index < -0.39 is 0 Å². The quantitative estimate of drug-likeness (QED) is 0.343. The minimum Gasteiger partial charge on any atom is -0.491 e. The second-order valence-electron chi connectivity index (χ2n) is 10.4. The summed E-state index contributed by atoms with van der Waals surface area (Å²) in [4.78, 5) is 2.61. The molecule has 0 radical (unpaired) electrons. The lowest BCUT2D eigenvalue weighted by Crippen LogP contribution is -2.36. The van der Waals surface area contributed by atoms with Crippen molar-refractivity contribution in [2.75, 3.05) is 32.0 Å². The van der Waals surface area contributed by atoms with Crippen molar-refractivity contribution in [1.29, 1.82) is 0 Å². The number of nitrogen functional groups attached to an aromatic ring is 1. The Morgan fingerprint density at radius 1 is 0.971 bits per heavy atom. The van der Waals surface area contributed by atoms with Crippen molar-refractivity contribution in [3.8, 4) is 5.75 Å². The van der Waals surface area contributed by atoms with Gasteiger partial charge in [0.15, 0.2) is 0 Å². The largest absolute Gasteiger partial charge is 0.491 e. The molecule has 1 atom stereocenters. The van der Waals surface area contributed by atoms with E-state index in [1.807, 2.05) is 18.2 Å². The summed E-state index contributed by atoms with van der Waals surface area (Å²) >= 11 is 0. The molecular formula is C31H39FN2O. The Morgan fingerprint density at radius 2 is 1.60 bits per heavy atom. The number of rotatable bonds is 9. The minimum atomic E-state index is -0.180. The number of benzene rings is 3. The van der Waals surface area contributed by atoms with Crippen LogP contribution in [0.2, 0.25) is 0 Å². The van der Waals surface area contributed by atoms with Crippen LogP contribution in [0.3, 0.4) is 0 Å². The molecule has 186 valence electrons. The molecular weight excluding hydrogens is 435 g/mol. The highest BCUT2D eigenvalue weighted by molar-refractivity contribution is 5.58. The maximum atomic E-state index is 13.1. The zero-order valence-corrected chi connectivity index (χ0v) is 21.4. The summed E-state index contributed by atoms with van der Waals surface area (Å²) < 4.78 is 19.2. The Balaban J connectivity index is 1.19. The maximum Gasteiger partial charge on any atom is 0.145 e. The van der Waals surface area contributed by atoms with E-state index in [4.69, 9.17) is 10.5 Å². The minimum absolute atomic E-state index is 0.180. The fourth-order valence-electron chi connectivity index (χ4n) is 5.27. The number of halogens is 1. The van der Waals surface area contributed by atoms with Crippen LogP contribution in [0.1, 0.15) is 59.9 Å². The number of nitrogens with two attached hydrogens (primary N) is 1. The van der Waals surface area contributed by atoms with Crippen molar-refractivity contribution in [3.05, 3.63) is 94.3 Å². The van der Waals surface area contributed by atoms with Gasteiger partial charge >= 0.3 is 0 Å². The zero-order chi connectivity index (χ0) is 24.8. The smallest absolute Gasteiger partial charge is 0.145 e. The average molecular weight is 475 g/mol. The van der Waals surface area contributed by atoms with E-state index >= 15 is 0 Å². The normalized spacial score (nSPS) is 15.8. The molecule has 1 saturated heterocycles. The number of hydrogen-bond donors (Lipinski definition) is 1. The first-order valence-corrected chi connectivity index (χ1v) is 12.9. The molecule has 1 heterocycles. The lowest BCUT2D eigenvalue weighted by atomic mass is 9.88. The summed E-state index contributed by atoms with van der Waals surface area (Å²) in [6.45, 7) is 10.6. The Morgan fingerprint density at radius 3 is 2.23 bits per heavy atom. The van der Waals surface area contributed by atoms with Gasteiger partial charge in [-0.25, -0.2) is 4.39 Å². The molecule has 0 amide bonds. The van der Waals surface area contributed by atoms with Gasteiger partial charge in [0.25, 0.3) is 0 Å². The van der Waals surface area contributed by atoms with Gasteiger partial charge in [0, 0.05) is 6.54 Å². The lowest BCUT2D eigenvalue weighted by Gasteiger charge is -2.34. The van der Waals surface area contributed by atoms with Crippen LogP contribution < -0.4 is 10.5 Å².